The number of ether oxygens (including phenoxy) is 3. The van der Waals surface area contributed by atoms with Crippen LogP contribution in [0.5, 0.6) is 11.5 Å². The predicted octanol–water partition coefficient (Wildman–Crippen LogP) is 3.25. The lowest BCUT2D eigenvalue weighted by molar-refractivity contribution is -0.189. The maximum atomic E-state index is 13.0. The quantitative estimate of drug-likeness (QED) is 0.750. The molecule has 170 valence electrons. The molecule has 1 aromatic rings. The third-order valence-electron chi connectivity index (χ3n) is 4.31. The van der Waals surface area contributed by atoms with Gasteiger partial charge in [0.25, 0.3) is 5.91 Å². The molecule has 8 nitrogen and oxygen atoms in total. The van der Waals surface area contributed by atoms with Crippen LogP contribution in [0.4, 0.5) is 18.0 Å². The molecule has 0 unspecified atom stereocenters. The van der Waals surface area contributed by atoms with Gasteiger partial charge in [0.2, 0.25) is 0 Å². The van der Waals surface area contributed by atoms with E-state index < -0.39 is 29.9 Å². The van der Waals surface area contributed by atoms with Crippen molar-refractivity contribution in [1.29, 1.82) is 5.26 Å². The predicted molar refractivity (Wildman–Crippen MR) is 103 cm³/mol. The molecule has 0 saturated carbocycles. The zero-order valence-corrected chi connectivity index (χ0v) is 17.8. The SMILES string of the molecule is COc1c(C#N)ccc(O[C@@H](C)C(F)(F)F)c1C(=O)N1CC(NC(=O)OC(C)(C)C)C1. The summed E-state index contributed by atoms with van der Waals surface area (Å²) < 4.78 is 54.2. The highest BCUT2D eigenvalue weighted by Crippen LogP contribution is 2.36. The summed E-state index contributed by atoms with van der Waals surface area (Å²) >= 11 is 0. The fourth-order valence-corrected chi connectivity index (χ4v) is 2.79. The minimum Gasteiger partial charge on any atom is -0.494 e. The second-order valence-electron chi connectivity index (χ2n) is 7.99. The van der Waals surface area contributed by atoms with Gasteiger partial charge in [0.1, 0.15) is 23.0 Å². The molecule has 1 atom stereocenters. The Kier molecular flexibility index (Phi) is 6.93. The molecule has 1 saturated heterocycles. The maximum Gasteiger partial charge on any atom is 0.425 e. The second-order valence-corrected chi connectivity index (χ2v) is 7.99. The first kappa shape index (κ1) is 24.1. The number of methoxy groups -OCH3 is 1. The molecular formula is C20H24F3N3O5. The van der Waals surface area contributed by atoms with Crippen LogP contribution in [0.2, 0.25) is 0 Å². The number of hydrogen-bond acceptors (Lipinski definition) is 6. The van der Waals surface area contributed by atoms with Crippen molar-refractivity contribution in [3.05, 3.63) is 23.3 Å². The fraction of sp³-hybridized carbons (Fsp3) is 0.550. The number of carbonyl (C=O) groups is 2. The molecule has 1 aliphatic rings. The van der Waals surface area contributed by atoms with Crippen LogP contribution >= 0.6 is 0 Å². The monoisotopic (exact) mass is 443 g/mol. The number of halogens is 3. The van der Waals surface area contributed by atoms with E-state index in [1.165, 1.54) is 18.1 Å². The zero-order valence-electron chi connectivity index (χ0n) is 17.8. The van der Waals surface area contributed by atoms with E-state index in [1.807, 2.05) is 6.07 Å². The van der Waals surface area contributed by atoms with E-state index in [4.69, 9.17) is 14.2 Å². The Hall–Kier alpha value is -3.16. The summed E-state index contributed by atoms with van der Waals surface area (Å²) in [6, 6.07) is 3.80. The number of hydrogen-bond donors (Lipinski definition) is 1. The highest BCUT2D eigenvalue weighted by Gasteiger charge is 2.41. The van der Waals surface area contributed by atoms with Crippen molar-refractivity contribution in [2.24, 2.45) is 0 Å². The van der Waals surface area contributed by atoms with E-state index in [-0.39, 0.29) is 41.8 Å². The Labute approximate surface area is 177 Å². The van der Waals surface area contributed by atoms with Crippen molar-refractivity contribution in [3.63, 3.8) is 0 Å². The number of amides is 2. The normalized spacial score (nSPS) is 15.4. The smallest absolute Gasteiger partial charge is 0.425 e. The van der Waals surface area contributed by atoms with Gasteiger partial charge in [-0.3, -0.25) is 4.79 Å². The molecule has 1 aromatic carbocycles. The standard InChI is InChI=1S/C20H24F3N3O5/c1-11(20(21,22)23)30-14-7-6-12(8-24)16(29-5)15(14)17(27)26-9-13(10-26)25-18(28)31-19(2,3)4/h6-7,11,13H,9-10H2,1-5H3,(H,25,28)/t11-/m0/s1. The van der Waals surface area contributed by atoms with E-state index in [0.29, 0.717) is 0 Å². The van der Waals surface area contributed by atoms with E-state index in [0.717, 1.165) is 13.0 Å². The number of benzene rings is 1. The molecule has 0 spiro atoms. The van der Waals surface area contributed by atoms with Crippen molar-refractivity contribution in [3.8, 4) is 17.6 Å². The minimum absolute atomic E-state index is 0.0261. The molecule has 2 rings (SSSR count). The molecule has 1 heterocycles. The Bertz CT molecular complexity index is 884. The first-order valence-corrected chi connectivity index (χ1v) is 9.40. The van der Waals surface area contributed by atoms with Crippen molar-refractivity contribution in [2.75, 3.05) is 20.2 Å². The summed E-state index contributed by atoms with van der Waals surface area (Å²) in [6.07, 6.45) is -7.48. The summed E-state index contributed by atoms with van der Waals surface area (Å²) in [4.78, 5) is 26.2. The van der Waals surface area contributed by atoms with E-state index in [9.17, 15) is 28.0 Å². The number of alkyl carbamates (subject to hydrolysis) is 1. The molecule has 1 N–H and O–H groups in total. The Morgan fingerprint density at radius 2 is 1.87 bits per heavy atom. The largest absolute Gasteiger partial charge is 0.494 e. The third-order valence-corrected chi connectivity index (χ3v) is 4.31. The fourth-order valence-electron chi connectivity index (χ4n) is 2.79. The number of nitrogens with one attached hydrogen (secondary N) is 1. The number of likely N-dealkylation sites (tertiary alicyclic amines) is 1. The van der Waals surface area contributed by atoms with Crippen LogP contribution in [-0.4, -0.2) is 61.0 Å². The van der Waals surface area contributed by atoms with Gasteiger partial charge in [-0.25, -0.2) is 4.79 Å². The van der Waals surface area contributed by atoms with Gasteiger partial charge in [-0.2, -0.15) is 18.4 Å². The van der Waals surface area contributed by atoms with Crippen molar-refractivity contribution in [1.82, 2.24) is 10.2 Å². The summed E-state index contributed by atoms with van der Waals surface area (Å²) in [5.74, 6) is -1.21. The lowest BCUT2D eigenvalue weighted by Crippen LogP contribution is -2.61. The van der Waals surface area contributed by atoms with Crippen LogP contribution in [0, 0.1) is 11.3 Å². The lowest BCUT2D eigenvalue weighted by atomic mass is 10.0. The average Bonchev–Trinajstić information content (AvgIpc) is 2.60. The molecule has 11 heteroatoms. The molecule has 0 radical (unpaired) electrons. The minimum atomic E-state index is -4.65. The first-order valence-electron chi connectivity index (χ1n) is 9.40. The molecule has 0 bridgehead atoms. The van der Waals surface area contributed by atoms with Crippen molar-refractivity contribution >= 4 is 12.0 Å². The van der Waals surface area contributed by atoms with Crippen LogP contribution in [0.25, 0.3) is 0 Å². The number of rotatable bonds is 5. The first-order chi connectivity index (χ1) is 14.3. The average molecular weight is 443 g/mol. The highest BCUT2D eigenvalue weighted by atomic mass is 19.4. The van der Waals surface area contributed by atoms with Gasteiger partial charge in [0, 0.05) is 13.1 Å². The summed E-state index contributed by atoms with van der Waals surface area (Å²) in [7, 11) is 1.20. The van der Waals surface area contributed by atoms with E-state index in [2.05, 4.69) is 5.32 Å². The number of alkyl halides is 3. The van der Waals surface area contributed by atoms with E-state index in [1.54, 1.807) is 20.8 Å². The highest BCUT2D eigenvalue weighted by molar-refractivity contribution is 6.01. The summed E-state index contributed by atoms with van der Waals surface area (Å²) in [5.41, 5.74) is -0.995. The Morgan fingerprint density at radius 1 is 1.26 bits per heavy atom. The summed E-state index contributed by atoms with van der Waals surface area (Å²) in [6.45, 7) is 6.14. The third kappa shape index (κ3) is 5.93. The molecule has 0 aromatic heterocycles. The lowest BCUT2D eigenvalue weighted by Gasteiger charge is -2.40. The van der Waals surface area contributed by atoms with Gasteiger partial charge < -0.3 is 24.4 Å². The van der Waals surface area contributed by atoms with Crippen LogP contribution in [-0.2, 0) is 4.74 Å². The second kappa shape index (κ2) is 8.91. The van der Waals surface area contributed by atoms with Gasteiger partial charge in [-0.15, -0.1) is 0 Å². The molecule has 2 amide bonds. The van der Waals surface area contributed by atoms with Gasteiger partial charge >= 0.3 is 12.3 Å². The number of nitriles is 1. The van der Waals surface area contributed by atoms with E-state index >= 15 is 0 Å². The Balaban J connectivity index is 2.21. The summed E-state index contributed by atoms with van der Waals surface area (Å²) in [5, 5.41) is 11.9. The molecule has 1 aliphatic heterocycles. The molecular weight excluding hydrogens is 419 g/mol. The number of carbonyl (C=O) groups excluding carboxylic acids is 2. The topological polar surface area (TPSA) is 101 Å². The molecule has 1 fully saturated rings. The van der Waals surface area contributed by atoms with Crippen LogP contribution in [0.3, 0.4) is 0 Å². The maximum absolute atomic E-state index is 13.0. The van der Waals surface area contributed by atoms with Crippen LogP contribution in [0.15, 0.2) is 12.1 Å². The number of nitrogens with zero attached hydrogens (tertiary/aromatic N) is 2. The van der Waals surface area contributed by atoms with Gasteiger partial charge in [0.15, 0.2) is 11.9 Å². The van der Waals surface area contributed by atoms with Gasteiger partial charge in [-0.05, 0) is 39.8 Å². The van der Waals surface area contributed by atoms with Crippen LogP contribution in [0.1, 0.15) is 43.6 Å². The molecule has 0 aliphatic carbocycles. The van der Waals surface area contributed by atoms with Crippen molar-refractivity contribution < 1.29 is 37.0 Å². The Morgan fingerprint density at radius 3 is 2.35 bits per heavy atom. The van der Waals surface area contributed by atoms with Gasteiger partial charge in [0.05, 0.1) is 18.7 Å². The molecule has 31 heavy (non-hydrogen) atoms. The van der Waals surface area contributed by atoms with Crippen molar-refractivity contribution in [2.45, 2.75) is 51.6 Å². The zero-order chi connectivity index (χ0) is 23.6. The van der Waals surface area contributed by atoms with Crippen LogP contribution < -0.4 is 14.8 Å². The van der Waals surface area contributed by atoms with Gasteiger partial charge in [-0.1, -0.05) is 0 Å².